The van der Waals surface area contributed by atoms with Crippen molar-refractivity contribution in [2.24, 2.45) is 5.92 Å². The molecule has 2 aliphatic rings. The van der Waals surface area contributed by atoms with E-state index < -0.39 is 5.60 Å². The van der Waals surface area contributed by atoms with Crippen molar-refractivity contribution in [3.8, 4) is 0 Å². The molecule has 1 saturated heterocycles. The minimum atomic E-state index is -0.464. The van der Waals surface area contributed by atoms with Crippen LogP contribution in [0.4, 0.5) is 4.79 Å². The third-order valence-corrected chi connectivity index (χ3v) is 4.06. The quantitative estimate of drug-likeness (QED) is 0.799. The molecule has 1 amide bonds. The zero-order valence-corrected chi connectivity index (χ0v) is 12.6. The summed E-state index contributed by atoms with van der Waals surface area (Å²) < 4.78 is 5.42. The van der Waals surface area contributed by atoms with Crippen molar-refractivity contribution in [2.45, 2.75) is 38.2 Å². The Morgan fingerprint density at radius 1 is 1.45 bits per heavy atom. The zero-order chi connectivity index (χ0) is 14.5. The fourth-order valence-corrected chi connectivity index (χ4v) is 2.96. The average molecular weight is 296 g/mol. The number of carbonyl (C=O) groups is 1. The number of fused-ring (bicyclic) bond motifs is 1. The molecule has 0 radical (unpaired) electrons. The van der Waals surface area contributed by atoms with E-state index in [-0.39, 0.29) is 11.5 Å². The Bertz CT molecular complexity index is 540. The normalized spacial score (nSPS) is 28.2. The van der Waals surface area contributed by atoms with E-state index in [1.54, 1.807) is 17.3 Å². The smallest absolute Gasteiger partial charge is 0.410 e. The Morgan fingerprint density at radius 2 is 2.10 bits per heavy atom. The number of rotatable bonds is 1. The van der Waals surface area contributed by atoms with E-state index in [4.69, 9.17) is 16.3 Å². The molecule has 0 N–H and O–H groups in total. The van der Waals surface area contributed by atoms with Crippen LogP contribution in [-0.4, -0.2) is 39.7 Å². The Kier molecular flexibility index (Phi) is 2.94. The molecule has 2 fully saturated rings. The molecule has 6 heteroatoms. The van der Waals surface area contributed by atoms with Crippen molar-refractivity contribution in [1.29, 1.82) is 0 Å². The summed E-state index contributed by atoms with van der Waals surface area (Å²) >= 11 is 5.82. The molecule has 0 aromatic carbocycles. The van der Waals surface area contributed by atoms with Crippen LogP contribution in [0.3, 0.4) is 0 Å². The van der Waals surface area contributed by atoms with Crippen LogP contribution in [-0.2, 0) is 10.2 Å². The lowest BCUT2D eigenvalue weighted by Crippen LogP contribution is -2.38. The molecule has 2 unspecified atom stereocenters. The number of nitrogens with zero attached hydrogens (tertiary/aromatic N) is 3. The first-order chi connectivity index (χ1) is 9.30. The highest BCUT2D eigenvalue weighted by Gasteiger charge is 2.64. The number of hydrogen-bond donors (Lipinski definition) is 0. The predicted octanol–water partition coefficient (Wildman–Crippen LogP) is 2.64. The number of carbonyl (C=O) groups excluding carboxylic acids is 1. The van der Waals surface area contributed by atoms with E-state index in [0.717, 1.165) is 18.8 Å². The summed E-state index contributed by atoms with van der Waals surface area (Å²) in [5, 5.41) is 0.532. The number of hydrogen-bond acceptors (Lipinski definition) is 4. The Balaban J connectivity index is 1.71. The first-order valence-corrected chi connectivity index (χ1v) is 7.14. The average Bonchev–Trinajstić information content (AvgIpc) is 2.90. The highest BCUT2D eigenvalue weighted by molar-refractivity contribution is 6.30. The van der Waals surface area contributed by atoms with Gasteiger partial charge in [0.25, 0.3) is 0 Å². The minimum absolute atomic E-state index is 0.0819. The van der Waals surface area contributed by atoms with Crippen molar-refractivity contribution >= 4 is 17.7 Å². The maximum atomic E-state index is 12.1. The molecule has 1 aliphatic heterocycles. The predicted molar refractivity (Wildman–Crippen MR) is 74.6 cm³/mol. The number of likely N-dealkylation sites (tertiary alicyclic amines) is 1. The molecule has 0 spiro atoms. The fourth-order valence-electron chi connectivity index (χ4n) is 2.86. The molecular weight excluding hydrogens is 278 g/mol. The van der Waals surface area contributed by atoms with Crippen LogP contribution in [0.5, 0.6) is 0 Å². The van der Waals surface area contributed by atoms with Crippen LogP contribution in [0, 0.1) is 5.92 Å². The number of aromatic nitrogens is 2. The van der Waals surface area contributed by atoms with Gasteiger partial charge in [0.15, 0.2) is 0 Å². The second-order valence-corrected chi connectivity index (χ2v) is 7.08. The van der Waals surface area contributed by atoms with Crippen LogP contribution in [0.15, 0.2) is 12.4 Å². The van der Waals surface area contributed by atoms with Crippen molar-refractivity contribution < 1.29 is 9.53 Å². The van der Waals surface area contributed by atoms with Crippen LogP contribution in [0.2, 0.25) is 5.02 Å². The number of amides is 1. The minimum Gasteiger partial charge on any atom is -0.444 e. The molecule has 3 rings (SSSR count). The van der Waals surface area contributed by atoms with Gasteiger partial charge in [0.2, 0.25) is 0 Å². The van der Waals surface area contributed by atoms with Crippen LogP contribution in [0.1, 0.15) is 33.0 Å². The van der Waals surface area contributed by atoms with Gasteiger partial charge in [-0.05, 0) is 33.1 Å². The molecule has 1 saturated carbocycles. The molecule has 1 aromatic rings. The third-order valence-electron chi connectivity index (χ3n) is 3.86. The van der Waals surface area contributed by atoms with E-state index in [1.807, 2.05) is 20.8 Å². The van der Waals surface area contributed by atoms with E-state index in [0.29, 0.717) is 17.5 Å². The van der Waals surface area contributed by atoms with Gasteiger partial charge in [-0.1, -0.05) is 11.6 Å². The maximum Gasteiger partial charge on any atom is 0.410 e. The van der Waals surface area contributed by atoms with Gasteiger partial charge in [0.1, 0.15) is 11.4 Å². The summed E-state index contributed by atoms with van der Waals surface area (Å²) in [7, 11) is 0. The van der Waals surface area contributed by atoms with Gasteiger partial charge in [0.05, 0.1) is 10.4 Å². The highest BCUT2D eigenvalue weighted by atomic mass is 35.5. The number of piperidine rings is 1. The Labute approximate surface area is 123 Å². The second-order valence-electron chi connectivity index (χ2n) is 6.64. The van der Waals surface area contributed by atoms with Crippen LogP contribution >= 0.6 is 11.6 Å². The Morgan fingerprint density at radius 3 is 2.70 bits per heavy atom. The van der Waals surface area contributed by atoms with Crippen molar-refractivity contribution in [1.82, 2.24) is 14.9 Å². The van der Waals surface area contributed by atoms with Gasteiger partial charge in [-0.3, -0.25) is 0 Å². The molecular formula is C14H18ClN3O2. The summed E-state index contributed by atoms with van der Waals surface area (Å²) in [6, 6.07) is 0. The van der Waals surface area contributed by atoms with Gasteiger partial charge >= 0.3 is 6.09 Å². The lowest BCUT2D eigenvalue weighted by atomic mass is 10.1. The second kappa shape index (κ2) is 4.32. The summed E-state index contributed by atoms with van der Waals surface area (Å²) in [4.78, 5) is 22.5. The molecule has 2 heterocycles. The van der Waals surface area contributed by atoms with Crippen molar-refractivity contribution in [3.05, 3.63) is 23.2 Å². The maximum absolute atomic E-state index is 12.1. The molecule has 108 valence electrons. The van der Waals surface area contributed by atoms with Gasteiger partial charge in [-0.25, -0.2) is 14.8 Å². The molecule has 20 heavy (non-hydrogen) atoms. The van der Waals surface area contributed by atoms with Gasteiger partial charge in [-0.2, -0.15) is 0 Å². The number of halogens is 1. The SMILES string of the molecule is CC(C)(C)OC(=O)N1CC2CC2(c2ncc(Cl)cn2)C1. The first kappa shape index (κ1) is 13.6. The van der Waals surface area contributed by atoms with Crippen molar-refractivity contribution in [3.63, 3.8) is 0 Å². The topological polar surface area (TPSA) is 55.3 Å². The lowest BCUT2D eigenvalue weighted by Gasteiger charge is -2.26. The largest absolute Gasteiger partial charge is 0.444 e. The van der Waals surface area contributed by atoms with Gasteiger partial charge in [0, 0.05) is 25.5 Å². The number of ether oxygens (including phenoxy) is 1. The fraction of sp³-hybridized carbons (Fsp3) is 0.643. The highest BCUT2D eigenvalue weighted by Crippen LogP contribution is 2.58. The summed E-state index contributed by atoms with van der Waals surface area (Å²) in [6.07, 6.45) is 4.01. The van der Waals surface area contributed by atoms with E-state index >= 15 is 0 Å². The van der Waals surface area contributed by atoms with Crippen molar-refractivity contribution in [2.75, 3.05) is 13.1 Å². The molecule has 0 bridgehead atoms. The van der Waals surface area contributed by atoms with Crippen LogP contribution in [0.25, 0.3) is 0 Å². The van der Waals surface area contributed by atoms with E-state index in [1.165, 1.54) is 0 Å². The van der Waals surface area contributed by atoms with Crippen LogP contribution < -0.4 is 0 Å². The summed E-state index contributed by atoms with van der Waals surface area (Å²) in [5.74, 6) is 1.23. The van der Waals surface area contributed by atoms with Gasteiger partial charge in [-0.15, -0.1) is 0 Å². The van der Waals surface area contributed by atoms with E-state index in [9.17, 15) is 4.79 Å². The first-order valence-electron chi connectivity index (χ1n) is 6.76. The monoisotopic (exact) mass is 295 g/mol. The summed E-state index contributed by atoms with van der Waals surface area (Å²) in [6.45, 7) is 6.98. The lowest BCUT2D eigenvalue weighted by molar-refractivity contribution is 0.0269. The summed E-state index contributed by atoms with van der Waals surface area (Å²) in [5.41, 5.74) is -0.546. The molecule has 2 atom stereocenters. The molecule has 1 aromatic heterocycles. The standard InChI is InChI=1S/C14H18ClN3O2/c1-13(2,3)20-12(19)18-7-9-4-14(9,8-18)11-16-5-10(15)6-17-11/h5-6,9H,4,7-8H2,1-3H3. The van der Waals surface area contributed by atoms with E-state index in [2.05, 4.69) is 9.97 Å². The molecule has 1 aliphatic carbocycles. The Hall–Kier alpha value is -1.36. The third kappa shape index (κ3) is 2.35. The van der Waals surface area contributed by atoms with Gasteiger partial charge < -0.3 is 9.64 Å². The molecule has 5 nitrogen and oxygen atoms in total. The zero-order valence-electron chi connectivity index (χ0n) is 11.9.